The van der Waals surface area contributed by atoms with E-state index >= 15 is 0 Å². The van der Waals surface area contributed by atoms with Crippen LogP contribution < -0.4 is 10.2 Å². The van der Waals surface area contributed by atoms with E-state index in [9.17, 15) is 4.39 Å². The molecule has 0 spiro atoms. The highest BCUT2D eigenvalue weighted by Crippen LogP contribution is 2.19. The maximum absolute atomic E-state index is 13.0. The lowest BCUT2D eigenvalue weighted by molar-refractivity contribution is 0.374. The first-order valence-electron chi connectivity index (χ1n) is 9.07. The minimum Gasteiger partial charge on any atom is -0.356 e. The molecule has 1 saturated heterocycles. The number of benzene rings is 1. The van der Waals surface area contributed by atoms with Gasteiger partial charge in [-0.25, -0.2) is 14.4 Å². The molecule has 3 rings (SSSR count). The molecular formula is C20H27FN4. The van der Waals surface area contributed by atoms with Crippen LogP contribution in [0.5, 0.6) is 0 Å². The molecule has 25 heavy (non-hydrogen) atoms. The Balaban J connectivity index is 1.49. The summed E-state index contributed by atoms with van der Waals surface area (Å²) in [5.41, 5.74) is 2.20. The Kier molecular flexibility index (Phi) is 5.63. The third kappa shape index (κ3) is 4.98. The first-order valence-corrected chi connectivity index (χ1v) is 9.07. The molecule has 2 heterocycles. The van der Waals surface area contributed by atoms with E-state index in [0.717, 1.165) is 49.7 Å². The molecule has 0 amide bonds. The fraction of sp³-hybridized carbons (Fsp3) is 0.500. The predicted molar refractivity (Wildman–Crippen MR) is 99.4 cm³/mol. The van der Waals surface area contributed by atoms with Crippen molar-refractivity contribution in [3.8, 4) is 0 Å². The molecule has 1 aliphatic rings. The minimum atomic E-state index is -0.174. The number of hydrogen-bond donors (Lipinski definition) is 1. The van der Waals surface area contributed by atoms with Crippen molar-refractivity contribution in [3.05, 3.63) is 53.2 Å². The molecule has 1 aromatic carbocycles. The Bertz CT molecular complexity index is 673. The molecule has 1 N–H and O–H groups in total. The van der Waals surface area contributed by atoms with Crippen molar-refractivity contribution in [1.29, 1.82) is 0 Å². The second kappa shape index (κ2) is 7.91. The second-order valence-electron chi connectivity index (χ2n) is 7.07. The fourth-order valence-electron chi connectivity index (χ4n) is 3.57. The Morgan fingerprint density at radius 1 is 1.16 bits per heavy atom. The number of anilines is 1. The van der Waals surface area contributed by atoms with Crippen molar-refractivity contribution in [2.45, 2.75) is 52.1 Å². The van der Waals surface area contributed by atoms with Crippen LogP contribution >= 0.6 is 0 Å². The molecule has 0 bridgehead atoms. The Hall–Kier alpha value is -2.01. The quantitative estimate of drug-likeness (QED) is 0.904. The lowest BCUT2D eigenvalue weighted by Crippen LogP contribution is -2.46. The summed E-state index contributed by atoms with van der Waals surface area (Å²) in [5.74, 6) is 1.71. The van der Waals surface area contributed by atoms with Crippen molar-refractivity contribution >= 4 is 5.82 Å². The summed E-state index contributed by atoms with van der Waals surface area (Å²) in [6.07, 6.45) is 3.14. The van der Waals surface area contributed by atoms with Crippen LogP contribution in [0.25, 0.3) is 0 Å². The average Bonchev–Trinajstić information content (AvgIpc) is 2.57. The van der Waals surface area contributed by atoms with E-state index < -0.39 is 0 Å². The highest BCUT2D eigenvalue weighted by molar-refractivity contribution is 5.40. The van der Waals surface area contributed by atoms with E-state index in [4.69, 9.17) is 0 Å². The number of rotatable bonds is 5. The molecule has 0 unspecified atom stereocenters. The van der Waals surface area contributed by atoms with Crippen molar-refractivity contribution < 1.29 is 4.39 Å². The summed E-state index contributed by atoms with van der Waals surface area (Å²) in [6.45, 7) is 8.19. The number of hydrogen-bond acceptors (Lipinski definition) is 4. The standard InChI is InChI=1S/C20H27FN4/c1-14(12-17-4-6-18(21)7-5-17)23-19-8-10-25(11-9-19)20-13-15(2)22-16(3)24-20/h4-7,13-14,19,23H,8-12H2,1-3H3/t14-/m1/s1. The van der Waals surface area contributed by atoms with Gasteiger partial charge in [0.25, 0.3) is 0 Å². The Morgan fingerprint density at radius 2 is 1.84 bits per heavy atom. The van der Waals surface area contributed by atoms with Gasteiger partial charge in [0.15, 0.2) is 0 Å². The smallest absolute Gasteiger partial charge is 0.132 e. The number of halogens is 1. The van der Waals surface area contributed by atoms with E-state index in [1.54, 1.807) is 0 Å². The van der Waals surface area contributed by atoms with E-state index in [2.05, 4.69) is 33.2 Å². The summed E-state index contributed by atoms with van der Waals surface area (Å²) < 4.78 is 13.0. The van der Waals surface area contributed by atoms with E-state index in [1.807, 2.05) is 26.0 Å². The number of nitrogens with one attached hydrogen (secondary N) is 1. The van der Waals surface area contributed by atoms with Gasteiger partial charge in [0.2, 0.25) is 0 Å². The topological polar surface area (TPSA) is 41.0 Å². The molecule has 4 nitrogen and oxygen atoms in total. The molecule has 1 fully saturated rings. The zero-order chi connectivity index (χ0) is 17.8. The zero-order valence-corrected chi connectivity index (χ0v) is 15.3. The molecule has 0 radical (unpaired) electrons. The minimum absolute atomic E-state index is 0.174. The normalized spacial score (nSPS) is 16.9. The van der Waals surface area contributed by atoms with Gasteiger partial charge in [-0.15, -0.1) is 0 Å². The molecular weight excluding hydrogens is 315 g/mol. The predicted octanol–water partition coefficient (Wildman–Crippen LogP) is 3.42. The van der Waals surface area contributed by atoms with Crippen LogP contribution in [0.15, 0.2) is 30.3 Å². The molecule has 2 aromatic rings. The lowest BCUT2D eigenvalue weighted by atomic mass is 10.0. The summed E-state index contributed by atoms with van der Waals surface area (Å²) >= 11 is 0. The molecule has 0 saturated carbocycles. The summed E-state index contributed by atoms with van der Waals surface area (Å²) in [6, 6.07) is 9.78. The molecule has 1 atom stereocenters. The van der Waals surface area contributed by atoms with Crippen LogP contribution in [0.3, 0.4) is 0 Å². The van der Waals surface area contributed by atoms with Crippen molar-refractivity contribution in [1.82, 2.24) is 15.3 Å². The second-order valence-corrected chi connectivity index (χ2v) is 7.07. The van der Waals surface area contributed by atoms with Gasteiger partial charge in [0.05, 0.1) is 0 Å². The summed E-state index contributed by atoms with van der Waals surface area (Å²) in [4.78, 5) is 11.3. The SMILES string of the molecule is Cc1cc(N2CCC(N[C@H](C)Cc3ccc(F)cc3)CC2)nc(C)n1. The third-order valence-corrected chi connectivity index (χ3v) is 4.75. The van der Waals surface area contributed by atoms with Gasteiger partial charge in [-0.2, -0.15) is 0 Å². The molecule has 1 aliphatic heterocycles. The first kappa shape index (κ1) is 17.8. The molecule has 1 aromatic heterocycles. The summed E-state index contributed by atoms with van der Waals surface area (Å²) in [7, 11) is 0. The number of aromatic nitrogens is 2. The third-order valence-electron chi connectivity index (χ3n) is 4.75. The monoisotopic (exact) mass is 342 g/mol. The molecule has 5 heteroatoms. The van der Waals surface area contributed by atoms with Gasteiger partial charge in [-0.05, 0) is 57.7 Å². The Morgan fingerprint density at radius 3 is 2.48 bits per heavy atom. The van der Waals surface area contributed by atoms with Crippen LogP contribution in [0.1, 0.15) is 36.8 Å². The van der Waals surface area contributed by atoms with Gasteiger partial charge in [0, 0.05) is 36.9 Å². The lowest BCUT2D eigenvalue weighted by Gasteiger charge is -2.34. The zero-order valence-electron chi connectivity index (χ0n) is 15.3. The maximum atomic E-state index is 13.0. The van der Waals surface area contributed by atoms with Crippen LogP contribution in [0.2, 0.25) is 0 Å². The van der Waals surface area contributed by atoms with E-state index in [1.165, 1.54) is 17.7 Å². The molecule has 134 valence electrons. The van der Waals surface area contributed by atoms with Crippen LogP contribution in [-0.2, 0) is 6.42 Å². The van der Waals surface area contributed by atoms with E-state index in [0.29, 0.717) is 12.1 Å². The van der Waals surface area contributed by atoms with Crippen LogP contribution in [-0.4, -0.2) is 35.1 Å². The molecule has 0 aliphatic carbocycles. The largest absolute Gasteiger partial charge is 0.356 e. The number of piperidine rings is 1. The average molecular weight is 342 g/mol. The highest BCUT2D eigenvalue weighted by atomic mass is 19.1. The van der Waals surface area contributed by atoms with E-state index in [-0.39, 0.29) is 5.82 Å². The van der Waals surface area contributed by atoms with Gasteiger partial charge in [0.1, 0.15) is 17.5 Å². The first-order chi connectivity index (χ1) is 12.0. The van der Waals surface area contributed by atoms with Gasteiger partial charge in [-0.1, -0.05) is 12.1 Å². The highest BCUT2D eigenvalue weighted by Gasteiger charge is 2.21. The van der Waals surface area contributed by atoms with Crippen LogP contribution in [0.4, 0.5) is 10.2 Å². The van der Waals surface area contributed by atoms with Crippen LogP contribution in [0, 0.1) is 19.7 Å². The van der Waals surface area contributed by atoms with Crippen molar-refractivity contribution in [2.75, 3.05) is 18.0 Å². The fourth-order valence-corrected chi connectivity index (χ4v) is 3.57. The van der Waals surface area contributed by atoms with Gasteiger partial charge >= 0.3 is 0 Å². The van der Waals surface area contributed by atoms with Crippen molar-refractivity contribution in [2.24, 2.45) is 0 Å². The van der Waals surface area contributed by atoms with Gasteiger partial charge in [-0.3, -0.25) is 0 Å². The van der Waals surface area contributed by atoms with Gasteiger partial charge < -0.3 is 10.2 Å². The Labute approximate surface area is 149 Å². The van der Waals surface area contributed by atoms with Crippen molar-refractivity contribution in [3.63, 3.8) is 0 Å². The summed E-state index contributed by atoms with van der Waals surface area (Å²) in [5, 5.41) is 3.72. The number of aryl methyl sites for hydroxylation is 2. The number of nitrogens with zero attached hydrogens (tertiary/aromatic N) is 3. The maximum Gasteiger partial charge on any atom is 0.132 e.